The van der Waals surface area contributed by atoms with Crippen LogP contribution >= 0.6 is 11.8 Å². The predicted molar refractivity (Wildman–Crippen MR) is 78.2 cm³/mol. The smallest absolute Gasteiger partial charge is 0.275 e. The minimum absolute atomic E-state index is 0.0578. The summed E-state index contributed by atoms with van der Waals surface area (Å²) in [7, 11) is 0. The largest absolute Gasteiger partial charge is 0.494 e. The predicted octanol–water partition coefficient (Wildman–Crippen LogP) is 3.30. The molecule has 0 unspecified atom stereocenters. The maximum atomic E-state index is 10.9. The maximum absolute atomic E-state index is 10.9. The third-order valence-corrected chi connectivity index (χ3v) is 4.69. The number of thioether (sulfide) groups is 1. The summed E-state index contributed by atoms with van der Waals surface area (Å²) >= 11 is 1.85. The number of nitrogens with one attached hydrogen (secondary N) is 1. The van der Waals surface area contributed by atoms with Crippen molar-refractivity contribution in [1.82, 2.24) is 0 Å². The quantitative estimate of drug-likeness (QED) is 0.614. The number of non-ortho nitro benzene ring substituents is 1. The number of benzene rings is 1. The Labute approximate surface area is 116 Å². The molecule has 1 aromatic carbocycles. The van der Waals surface area contributed by atoms with Crippen LogP contribution in [-0.4, -0.2) is 29.1 Å². The molecular weight excluding hydrogens is 264 g/mol. The van der Waals surface area contributed by atoms with Crippen molar-refractivity contribution in [3.63, 3.8) is 0 Å². The van der Waals surface area contributed by atoms with E-state index in [1.54, 1.807) is 6.07 Å². The van der Waals surface area contributed by atoms with Crippen LogP contribution in [0.2, 0.25) is 0 Å². The van der Waals surface area contributed by atoms with Crippen molar-refractivity contribution < 1.29 is 9.66 Å². The Morgan fingerprint density at radius 2 is 2.21 bits per heavy atom. The third kappa shape index (κ3) is 3.53. The zero-order chi connectivity index (χ0) is 13.9. The minimum atomic E-state index is -0.394. The molecule has 0 saturated heterocycles. The van der Waals surface area contributed by atoms with Crippen LogP contribution in [0.15, 0.2) is 18.2 Å². The van der Waals surface area contributed by atoms with Crippen molar-refractivity contribution in [2.75, 3.05) is 24.7 Å². The van der Waals surface area contributed by atoms with Gasteiger partial charge in [-0.25, -0.2) is 0 Å². The number of nitro benzene ring substituents is 1. The van der Waals surface area contributed by atoms with E-state index in [9.17, 15) is 10.1 Å². The second-order valence-electron chi connectivity index (χ2n) is 4.65. The number of hydrogen-bond acceptors (Lipinski definition) is 5. The fourth-order valence-corrected chi connectivity index (χ4v) is 2.62. The number of rotatable bonds is 7. The van der Waals surface area contributed by atoms with Crippen molar-refractivity contribution in [2.24, 2.45) is 0 Å². The Morgan fingerprint density at radius 1 is 1.47 bits per heavy atom. The summed E-state index contributed by atoms with van der Waals surface area (Å²) < 4.78 is 5.68. The molecule has 0 radical (unpaired) electrons. The van der Waals surface area contributed by atoms with E-state index < -0.39 is 4.92 Å². The SMILES string of the molecule is CCOc1cc(NCC2(SC)CC2)cc([N+](=O)[O-])c1. The van der Waals surface area contributed by atoms with Gasteiger partial charge in [-0.1, -0.05) is 0 Å². The van der Waals surface area contributed by atoms with Crippen LogP contribution in [0.1, 0.15) is 19.8 Å². The zero-order valence-electron chi connectivity index (χ0n) is 11.1. The highest BCUT2D eigenvalue weighted by Crippen LogP contribution is 2.47. The van der Waals surface area contributed by atoms with Crippen LogP contribution < -0.4 is 10.1 Å². The fourth-order valence-electron chi connectivity index (χ4n) is 1.90. The van der Waals surface area contributed by atoms with Gasteiger partial charge < -0.3 is 10.1 Å². The van der Waals surface area contributed by atoms with Crippen LogP contribution in [-0.2, 0) is 0 Å². The van der Waals surface area contributed by atoms with E-state index in [2.05, 4.69) is 11.6 Å². The second-order valence-corrected chi connectivity index (χ2v) is 5.92. The summed E-state index contributed by atoms with van der Waals surface area (Å²) in [5.41, 5.74) is 0.806. The van der Waals surface area contributed by atoms with Gasteiger partial charge in [0, 0.05) is 29.1 Å². The summed E-state index contributed by atoms with van der Waals surface area (Å²) in [5, 5.41) is 14.2. The Kier molecular flexibility index (Phi) is 4.19. The summed E-state index contributed by atoms with van der Waals surface area (Å²) in [6.07, 6.45) is 4.51. The number of nitrogens with zero attached hydrogens (tertiary/aromatic N) is 1. The molecule has 1 aliphatic carbocycles. The van der Waals surface area contributed by atoms with Gasteiger partial charge in [0.05, 0.1) is 17.6 Å². The van der Waals surface area contributed by atoms with Gasteiger partial charge in [-0.3, -0.25) is 10.1 Å². The lowest BCUT2D eigenvalue weighted by Crippen LogP contribution is -2.17. The molecule has 0 aromatic heterocycles. The molecule has 104 valence electrons. The summed E-state index contributed by atoms with van der Waals surface area (Å²) in [6.45, 7) is 3.19. The molecule has 1 N–H and O–H groups in total. The summed E-state index contributed by atoms with van der Waals surface area (Å²) in [5.74, 6) is 0.535. The molecule has 2 rings (SSSR count). The molecule has 0 amide bonds. The van der Waals surface area contributed by atoms with E-state index in [1.165, 1.54) is 18.9 Å². The van der Waals surface area contributed by atoms with E-state index in [0.29, 0.717) is 17.1 Å². The van der Waals surface area contributed by atoms with Crippen molar-refractivity contribution in [2.45, 2.75) is 24.5 Å². The van der Waals surface area contributed by atoms with Crippen LogP contribution in [0.4, 0.5) is 11.4 Å². The molecule has 1 saturated carbocycles. The Hall–Kier alpha value is -1.43. The normalized spacial score (nSPS) is 15.9. The molecule has 1 fully saturated rings. The lowest BCUT2D eigenvalue weighted by atomic mass is 10.2. The van der Waals surface area contributed by atoms with Gasteiger partial charge in [0.15, 0.2) is 0 Å². The van der Waals surface area contributed by atoms with E-state index in [-0.39, 0.29) is 5.69 Å². The van der Waals surface area contributed by atoms with Gasteiger partial charge in [0.25, 0.3) is 5.69 Å². The molecule has 6 heteroatoms. The third-order valence-electron chi connectivity index (χ3n) is 3.27. The van der Waals surface area contributed by atoms with Crippen LogP contribution in [0, 0.1) is 10.1 Å². The molecule has 0 heterocycles. The highest BCUT2D eigenvalue weighted by atomic mass is 32.2. The van der Waals surface area contributed by atoms with Crippen molar-refractivity contribution in [3.05, 3.63) is 28.3 Å². The molecule has 1 aliphatic rings. The van der Waals surface area contributed by atoms with Gasteiger partial charge in [-0.2, -0.15) is 11.8 Å². The first kappa shape index (κ1) is 14.0. The average molecular weight is 282 g/mol. The zero-order valence-corrected chi connectivity index (χ0v) is 12.0. The lowest BCUT2D eigenvalue weighted by Gasteiger charge is -2.14. The highest BCUT2D eigenvalue weighted by Gasteiger charge is 2.41. The van der Waals surface area contributed by atoms with E-state index in [1.807, 2.05) is 24.8 Å². The first-order valence-corrected chi connectivity index (χ1v) is 7.52. The first-order chi connectivity index (χ1) is 9.08. The molecule has 1 aromatic rings. The van der Waals surface area contributed by atoms with Gasteiger partial charge in [0.1, 0.15) is 5.75 Å². The van der Waals surface area contributed by atoms with Gasteiger partial charge >= 0.3 is 0 Å². The van der Waals surface area contributed by atoms with Crippen LogP contribution in [0.3, 0.4) is 0 Å². The number of nitro groups is 1. The number of anilines is 1. The monoisotopic (exact) mass is 282 g/mol. The van der Waals surface area contributed by atoms with Crippen LogP contribution in [0.5, 0.6) is 5.75 Å². The Bertz CT molecular complexity index is 475. The molecule has 5 nitrogen and oxygen atoms in total. The van der Waals surface area contributed by atoms with Crippen molar-refractivity contribution in [3.8, 4) is 5.75 Å². The topological polar surface area (TPSA) is 64.4 Å². The van der Waals surface area contributed by atoms with E-state index in [4.69, 9.17) is 4.74 Å². The summed E-state index contributed by atoms with van der Waals surface area (Å²) in [4.78, 5) is 10.5. The molecule has 19 heavy (non-hydrogen) atoms. The standard InChI is InChI=1S/C13H18N2O3S/c1-3-18-12-7-10(6-11(8-12)15(16)17)14-9-13(19-2)4-5-13/h6-8,14H,3-5,9H2,1-2H3. The highest BCUT2D eigenvalue weighted by molar-refractivity contribution is 8.00. The Balaban J connectivity index is 2.11. The van der Waals surface area contributed by atoms with Crippen molar-refractivity contribution in [1.29, 1.82) is 0 Å². The molecule has 0 atom stereocenters. The van der Waals surface area contributed by atoms with Crippen molar-refractivity contribution >= 4 is 23.1 Å². The molecule has 0 aliphatic heterocycles. The number of hydrogen-bond donors (Lipinski definition) is 1. The van der Waals surface area contributed by atoms with Gasteiger partial charge in [-0.05, 0) is 26.0 Å². The lowest BCUT2D eigenvalue weighted by molar-refractivity contribution is -0.384. The van der Waals surface area contributed by atoms with Gasteiger partial charge in [-0.15, -0.1) is 0 Å². The fraction of sp³-hybridized carbons (Fsp3) is 0.538. The molecule has 0 spiro atoms. The van der Waals surface area contributed by atoms with E-state index >= 15 is 0 Å². The first-order valence-electron chi connectivity index (χ1n) is 6.30. The molecular formula is C13H18N2O3S. The minimum Gasteiger partial charge on any atom is -0.494 e. The maximum Gasteiger partial charge on any atom is 0.275 e. The van der Waals surface area contributed by atoms with Gasteiger partial charge in [0.2, 0.25) is 0 Å². The number of ether oxygens (including phenoxy) is 1. The van der Waals surface area contributed by atoms with Crippen LogP contribution in [0.25, 0.3) is 0 Å². The van der Waals surface area contributed by atoms with E-state index in [0.717, 1.165) is 12.2 Å². The molecule has 0 bridgehead atoms. The Morgan fingerprint density at radius 3 is 2.74 bits per heavy atom. The summed E-state index contributed by atoms with van der Waals surface area (Å²) in [6, 6.07) is 4.82. The average Bonchev–Trinajstić information content (AvgIpc) is 3.17. The second kappa shape index (κ2) is 5.69.